The summed E-state index contributed by atoms with van der Waals surface area (Å²) in [5, 5.41) is 6.24. The number of H-pyrrole nitrogens is 1. The predicted molar refractivity (Wildman–Crippen MR) is 157 cm³/mol. The number of hydrogen-bond acceptors (Lipinski definition) is 7. The normalized spacial score (nSPS) is 11.9. The Balaban J connectivity index is 1.24. The number of pyridine rings is 1. The minimum absolute atomic E-state index is 0.119. The van der Waals surface area contributed by atoms with E-state index in [1.165, 1.54) is 28.5 Å². The monoisotopic (exact) mass is 555 g/mol. The third kappa shape index (κ3) is 6.61. The largest absolute Gasteiger partial charge is 0.341 e. The Hall–Kier alpha value is -3.82. The van der Waals surface area contributed by atoms with Gasteiger partial charge in [-0.2, -0.15) is 0 Å². The second-order valence-corrected chi connectivity index (χ2v) is 10.9. The van der Waals surface area contributed by atoms with Gasteiger partial charge in [0.15, 0.2) is 5.78 Å². The Kier molecular flexibility index (Phi) is 8.80. The number of nitrogens with one attached hydrogen (secondary N) is 2. The summed E-state index contributed by atoms with van der Waals surface area (Å²) in [6, 6.07) is 17.9. The first-order valence-electron chi connectivity index (χ1n) is 12.9. The highest BCUT2D eigenvalue weighted by molar-refractivity contribution is 7.98. The summed E-state index contributed by atoms with van der Waals surface area (Å²) in [4.78, 5) is 42.6. The first-order chi connectivity index (χ1) is 19.1. The lowest BCUT2D eigenvalue weighted by atomic mass is 10.0. The fraction of sp³-hybridized carbons (Fsp3) is 0.233. The van der Waals surface area contributed by atoms with Crippen LogP contribution >= 0.6 is 23.1 Å². The van der Waals surface area contributed by atoms with E-state index >= 15 is 0 Å². The van der Waals surface area contributed by atoms with Crippen LogP contribution in [0.5, 0.6) is 0 Å². The number of nitrogens with zero attached hydrogens (tertiary/aromatic N) is 3. The van der Waals surface area contributed by atoms with Gasteiger partial charge in [0.25, 0.3) is 5.91 Å². The molecule has 0 bridgehead atoms. The molecule has 0 unspecified atom stereocenters. The van der Waals surface area contributed by atoms with Crippen molar-refractivity contribution in [3.63, 3.8) is 0 Å². The first kappa shape index (κ1) is 26.8. The summed E-state index contributed by atoms with van der Waals surface area (Å²) in [5.74, 6) is 0.670. The molecule has 2 N–H and O–H groups in total. The van der Waals surface area contributed by atoms with Crippen LogP contribution in [0, 0.1) is 0 Å². The maximum absolute atomic E-state index is 12.9. The van der Waals surface area contributed by atoms with Crippen LogP contribution in [-0.4, -0.2) is 37.9 Å². The molecule has 2 aromatic carbocycles. The van der Waals surface area contributed by atoms with Crippen molar-refractivity contribution in [3.8, 4) is 11.3 Å². The van der Waals surface area contributed by atoms with Crippen LogP contribution in [0.1, 0.15) is 64.0 Å². The standard InChI is InChI=1S/C30H29N5O2S2/c1-38-30-23(10-7-15-32-30)26(36)12-4-2-3-11-24(35-29(37)27-18-31-19-39-27)28-33-17-25(34-28)22-14-13-20-8-5-6-9-21(20)16-22/h5-10,13-19,24H,2-4,11-12H2,1H3,(H,33,34)(H,35,37)/t24-/m0/s1. The van der Waals surface area contributed by atoms with Crippen LogP contribution in [-0.2, 0) is 0 Å². The fourth-order valence-corrected chi connectivity index (χ4v) is 5.65. The van der Waals surface area contributed by atoms with E-state index in [9.17, 15) is 9.59 Å². The molecular weight excluding hydrogens is 526 g/mol. The lowest BCUT2D eigenvalue weighted by Crippen LogP contribution is -2.28. The number of benzene rings is 2. The first-order valence-corrected chi connectivity index (χ1v) is 15.0. The van der Waals surface area contributed by atoms with E-state index in [4.69, 9.17) is 0 Å². The van der Waals surface area contributed by atoms with Gasteiger partial charge >= 0.3 is 0 Å². The van der Waals surface area contributed by atoms with Crippen molar-refractivity contribution < 1.29 is 9.59 Å². The zero-order valence-corrected chi connectivity index (χ0v) is 23.2. The van der Waals surface area contributed by atoms with Gasteiger partial charge in [-0.3, -0.25) is 14.6 Å². The molecule has 1 atom stereocenters. The molecule has 3 aromatic heterocycles. The SMILES string of the molecule is CSc1ncccc1C(=O)CCCCC[C@H](NC(=O)c1cncs1)c1ncc(-c2ccc3ccccc3c2)[nH]1. The number of ketones is 1. The molecular formula is C30H29N5O2S2. The molecule has 39 heavy (non-hydrogen) atoms. The Bertz CT molecular complexity index is 1560. The number of imidazole rings is 1. The minimum Gasteiger partial charge on any atom is -0.341 e. The maximum atomic E-state index is 12.9. The molecule has 0 aliphatic carbocycles. The second-order valence-electron chi connectivity index (χ2n) is 9.22. The van der Waals surface area contributed by atoms with Crippen molar-refractivity contribution in [2.75, 3.05) is 6.26 Å². The van der Waals surface area contributed by atoms with Gasteiger partial charge in [-0.05, 0) is 48.1 Å². The molecule has 9 heteroatoms. The average molecular weight is 556 g/mol. The predicted octanol–water partition coefficient (Wildman–Crippen LogP) is 7.11. The van der Waals surface area contributed by atoms with E-state index in [1.807, 2.05) is 30.7 Å². The zero-order chi connectivity index (χ0) is 27.0. The summed E-state index contributed by atoms with van der Waals surface area (Å²) in [5.41, 5.74) is 4.28. The van der Waals surface area contributed by atoms with Crippen molar-refractivity contribution in [3.05, 3.63) is 95.0 Å². The lowest BCUT2D eigenvalue weighted by Gasteiger charge is -2.16. The van der Waals surface area contributed by atoms with Gasteiger partial charge in [0.1, 0.15) is 15.7 Å². The highest BCUT2D eigenvalue weighted by atomic mass is 32.2. The number of unbranched alkanes of at least 4 members (excludes halogenated alkanes) is 2. The van der Waals surface area contributed by atoms with Gasteiger partial charge in [-0.1, -0.05) is 49.2 Å². The van der Waals surface area contributed by atoms with E-state index in [1.54, 1.807) is 24.0 Å². The number of carbonyl (C=O) groups is 2. The molecule has 0 aliphatic heterocycles. The number of thiazole rings is 1. The second kappa shape index (κ2) is 12.8. The van der Waals surface area contributed by atoms with Crippen LogP contribution < -0.4 is 5.32 Å². The van der Waals surface area contributed by atoms with E-state index in [2.05, 4.69) is 55.6 Å². The van der Waals surface area contributed by atoms with E-state index in [0.29, 0.717) is 29.1 Å². The topological polar surface area (TPSA) is 101 Å². The molecule has 0 fully saturated rings. The zero-order valence-electron chi connectivity index (χ0n) is 21.6. The summed E-state index contributed by atoms with van der Waals surface area (Å²) in [6.45, 7) is 0. The Labute approximate surface area is 235 Å². The molecule has 0 radical (unpaired) electrons. The van der Waals surface area contributed by atoms with E-state index in [0.717, 1.165) is 40.9 Å². The summed E-state index contributed by atoms with van der Waals surface area (Å²) in [6.07, 6.45) is 10.7. The molecule has 3 heterocycles. The van der Waals surface area contributed by atoms with Crippen molar-refractivity contribution >= 4 is 45.6 Å². The fourth-order valence-electron chi connectivity index (χ4n) is 4.56. The molecule has 5 rings (SSSR count). The number of Topliss-reactive ketones (excluding diaryl/α,β-unsaturated/α-hetero) is 1. The third-order valence-corrected chi connectivity index (χ3v) is 8.09. The third-order valence-electron chi connectivity index (χ3n) is 6.61. The van der Waals surface area contributed by atoms with Crippen molar-refractivity contribution in [1.29, 1.82) is 0 Å². The number of amides is 1. The maximum Gasteiger partial charge on any atom is 0.263 e. The number of carbonyl (C=O) groups excluding carboxylic acids is 2. The number of aromatic amines is 1. The van der Waals surface area contributed by atoms with Gasteiger partial charge in [0, 0.05) is 23.7 Å². The summed E-state index contributed by atoms with van der Waals surface area (Å²) < 4.78 is 0. The molecule has 0 aliphatic rings. The average Bonchev–Trinajstić information content (AvgIpc) is 3.69. The van der Waals surface area contributed by atoms with E-state index in [-0.39, 0.29) is 17.7 Å². The van der Waals surface area contributed by atoms with Crippen LogP contribution in [0.15, 0.2) is 83.7 Å². The lowest BCUT2D eigenvalue weighted by molar-refractivity contribution is 0.0935. The molecule has 1 amide bonds. The Morgan fingerprint density at radius 3 is 2.69 bits per heavy atom. The summed E-state index contributed by atoms with van der Waals surface area (Å²) >= 11 is 2.80. The number of rotatable bonds is 12. The van der Waals surface area contributed by atoms with Crippen molar-refractivity contribution in [2.45, 2.75) is 43.2 Å². The molecule has 0 saturated heterocycles. The minimum atomic E-state index is -0.286. The van der Waals surface area contributed by atoms with Gasteiger partial charge < -0.3 is 10.3 Å². The van der Waals surface area contributed by atoms with Gasteiger partial charge in [-0.15, -0.1) is 23.1 Å². The molecule has 0 saturated carbocycles. The molecule has 0 spiro atoms. The van der Waals surface area contributed by atoms with Gasteiger partial charge in [-0.25, -0.2) is 9.97 Å². The van der Waals surface area contributed by atoms with Crippen molar-refractivity contribution in [1.82, 2.24) is 25.3 Å². The molecule has 198 valence electrons. The van der Waals surface area contributed by atoms with Crippen LogP contribution in [0.4, 0.5) is 0 Å². The Morgan fingerprint density at radius 2 is 1.87 bits per heavy atom. The summed E-state index contributed by atoms with van der Waals surface area (Å²) in [7, 11) is 0. The molecule has 5 aromatic rings. The van der Waals surface area contributed by atoms with Crippen LogP contribution in [0.2, 0.25) is 0 Å². The quantitative estimate of drug-likeness (QED) is 0.0967. The number of aromatic nitrogens is 4. The van der Waals surface area contributed by atoms with Gasteiger partial charge in [0.2, 0.25) is 0 Å². The smallest absolute Gasteiger partial charge is 0.263 e. The van der Waals surface area contributed by atoms with Crippen LogP contribution in [0.25, 0.3) is 22.0 Å². The molecule has 7 nitrogen and oxygen atoms in total. The Morgan fingerprint density at radius 1 is 1.00 bits per heavy atom. The number of fused-ring (bicyclic) bond motifs is 1. The van der Waals surface area contributed by atoms with Crippen molar-refractivity contribution in [2.24, 2.45) is 0 Å². The number of thioether (sulfide) groups is 1. The van der Waals surface area contributed by atoms with Gasteiger partial charge in [0.05, 0.1) is 29.6 Å². The highest BCUT2D eigenvalue weighted by Crippen LogP contribution is 2.26. The van der Waals surface area contributed by atoms with E-state index < -0.39 is 0 Å². The highest BCUT2D eigenvalue weighted by Gasteiger charge is 2.20. The van der Waals surface area contributed by atoms with Crippen LogP contribution in [0.3, 0.4) is 0 Å². The number of hydrogen-bond donors (Lipinski definition) is 2.